The van der Waals surface area contributed by atoms with E-state index in [-0.39, 0.29) is 23.0 Å². The summed E-state index contributed by atoms with van der Waals surface area (Å²) >= 11 is 0. The normalized spacial score (nSPS) is 18.3. The quantitative estimate of drug-likeness (QED) is 0.538. The second-order valence-electron chi connectivity index (χ2n) is 8.56. The lowest BCUT2D eigenvalue weighted by atomic mass is 10.0. The molecule has 0 aliphatic carbocycles. The molecule has 0 amide bonds. The van der Waals surface area contributed by atoms with Crippen LogP contribution in [0.25, 0.3) is 0 Å². The van der Waals surface area contributed by atoms with Crippen molar-refractivity contribution >= 4 is 20.0 Å². The number of hydrogen-bond donors (Lipinski definition) is 0. The van der Waals surface area contributed by atoms with Gasteiger partial charge in [0.15, 0.2) is 0 Å². The topological polar surface area (TPSA) is 74.8 Å². The van der Waals surface area contributed by atoms with E-state index in [1.807, 2.05) is 45.0 Å². The standard InChI is InChI=1S/C25H28N2O4S2/c1-19-4-10-22(11-5-19)25-16-17-26(32(28,29)23-12-6-20(2)7-13-23)18-27(25)33(30,31)24-14-8-21(3)9-15-24/h4-15,25H,16-18H2,1-3H3. The van der Waals surface area contributed by atoms with Crippen LogP contribution >= 0.6 is 0 Å². The summed E-state index contributed by atoms with van der Waals surface area (Å²) in [5.74, 6) is 0. The number of rotatable bonds is 5. The van der Waals surface area contributed by atoms with E-state index in [1.54, 1.807) is 48.5 Å². The van der Waals surface area contributed by atoms with Crippen molar-refractivity contribution in [2.24, 2.45) is 0 Å². The molecule has 0 aromatic heterocycles. The molecule has 0 N–H and O–H groups in total. The maximum absolute atomic E-state index is 13.7. The van der Waals surface area contributed by atoms with Crippen molar-refractivity contribution in [3.05, 3.63) is 95.1 Å². The molecule has 6 nitrogen and oxygen atoms in total. The van der Waals surface area contributed by atoms with Gasteiger partial charge in [0.2, 0.25) is 20.0 Å². The first-order valence-corrected chi connectivity index (χ1v) is 13.7. The highest BCUT2D eigenvalue weighted by molar-refractivity contribution is 7.90. The minimum absolute atomic E-state index is 0.153. The lowest BCUT2D eigenvalue weighted by Crippen LogP contribution is -2.50. The molecule has 4 rings (SSSR count). The Morgan fingerprint density at radius 3 is 1.55 bits per heavy atom. The summed E-state index contributed by atoms with van der Waals surface area (Å²) in [6, 6.07) is 20.5. The largest absolute Gasteiger partial charge is 0.244 e. The Morgan fingerprint density at radius 2 is 1.06 bits per heavy atom. The lowest BCUT2D eigenvalue weighted by Gasteiger charge is -2.40. The van der Waals surface area contributed by atoms with Crippen molar-refractivity contribution < 1.29 is 16.8 Å². The number of aryl methyl sites for hydroxylation is 3. The van der Waals surface area contributed by atoms with Crippen LogP contribution in [0.1, 0.15) is 34.7 Å². The molecule has 0 radical (unpaired) electrons. The second-order valence-corrected chi connectivity index (χ2v) is 12.4. The maximum Gasteiger partial charge on any atom is 0.244 e. The maximum atomic E-state index is 13.7. The Labute approximate surface area is 196 Å². The zero-order chi connectivity index (χ0) is 23.8. The first-order chi connectivity index (χ1) is 15.6. The molecular weight excluding hydrogens is 456 g/mol. The van der Waals surface area contributed by atoms with Crippen molar-refractivity contribution in [1.82, 2.24) is 8.61 Å². The number of benzene rings is 3. The first-order valence-electron chi connectivity index (χ1n) is 10.8. The molecule has 1 aliphatic rings. The third kappa shape index (κ3) is 4.75. The SMILES string of the molecule is Cc1ccc(C2CCN(S(=O)(=O)c3ccc(C)cc3)CN2S(=O)(=O)c2ccc(C)cc2)cc1. The van der Waals surface area contributed by atoms with Crippen molar-refractivity contribution in [2.45, 2.75) is 43.0 Å². The van der Waals surface area contributed by atoms with Gasteiger partial charge in [-0.15, -0.1) is 0 Å². The van der Waals surface area contributed by atoms with Gasteiger partial charge in [0.05, 0.1) is 22.5 Å². The van der Waals surface area contributed by atoms with Crippen molar-refractivity contribution in [1.29, 1.82) is 0 Å². The van der Waals surface area contributed by atoms with Gasteiger partial charge in [0.1, 0.15) is 0 Å². The molecule has 0 bridgehead atoms. The third-order valence-electron chi connectivity index (χ3n) is 6.05. The Hall–Kier alpha value is -2.52. The summed E-state index contributed by atoms with van der Waals surface area (Å²) in [6.45, 7) is 5.74. The summed E-state index contributed by atoms with van der Waals surface area (Å²) in [7, 11) is -7.79. The molecule has 3 aromatic carbocycles. The first kappa shape index (κ1) is 23.6. The van der Waals surface area contributed by atoms with Crippen LogP contribution in [0, 0.1) is 20.8 Å². The average Bonchev–Trinajstić information content (AvgIpc) is 2.80. The highest BCUT2D eigenvalue weighted by atomic mass is 32.2. The summed E-state index contributed by atoms with van der Waals surface area (Å²) in [5.41, 5.74) is 3.83. The predicted octanol–water partition coefficient (Wildman–Crippen LogP) is 4.40. The molecule has 8 heteroatoms. The summed E-state index contributed by atoms with van der Waals surface area (Å²) in [5, 5.41) is 0. The van der Waals surface area contributed by atoms with Crippen LogP contribution in [0.5, 0.6) is 0 Å². The fourth-order valence-electron chi connectivity index (χ4n) is 4.00. The van der Waals surface area contributed by atoms with Crippen LogP contribution in [0.2, 0.25) is 0 Å². The van der Waals surface area contributed by atoms with Gasteiger partial charge in [-0.25, -0.2) is 16.8 Å². The van der Waals surface area contributed by atoms with Crippen molar-refractivity contribution in [3.8, 4) is 0 Å². The van der Waals surface area contributed by atoms with Gasteiger partial charge < -0.3 is 0 Å². The minimum atomic E-state index is -3.94. The molecule has 0 spiro atoms. The third-order valence-corrected chi connectivity index (χ3v) is 9.75. The summed E-state index contributed by atoms with van der Waals surface area (Å²) in [6.07, 6.45) is 0.360. The fourth-order valence-corrected chi connectivity index (χ4v) is 7.08. The molecule has 174 valence electrons. The molecule has 1 atom stereocenters. The molecule has 1 fully saturated rings. The zero-order valence-electron chi connectivity index (χ0n) is 19.0. The number of hydrogen-bond acceptors (Lipinski definition) is 4. The van der Waals surface area contributed by atoms with E-state index in [2.05, 4.69) is 0 Å². The second kappa shape index (κ2) is 9.02. The van der Waals surface area contributed by atoms with Crippen LogP contribution in [-0.2, 0) is 20.0 Å². The van der Waals surface area contributed by atoms with Crippen LogP contribution in [0.3, 0.4) is 0 Å². The van der Waals surface area contributed by atoms with Gasteiger partial charge in [-0.3, -0.25) is 0 Å². The highest BCUT2D eigenvalue weighted by Gasteiger charge is 2.41. The van der Waals surface area contributed by atoms with E-state index in [0.29, 0.717) is 6.42 Å². The summed E-state index contributed by atoms with van der Waals surface area (Å²) in [4.78, 5) is 0.314. The minimum Gasteiger partial charge on any atom is -0.207 e. The molecular formula is C25H28N2O4S2. The predicted molar refractivity (Wildman–Crippen MR) is 129 cm³/mol. The van der Waals surface area contributed by atoms with E-state index in [1.165, 1.54) is 8.61 Å². The van der Waals surface area contributed by atoms with Crippen molar-refractivity contribution in [3.63, 3.8) is 0 Å². The van der Waals surface area contributed by atoms with Crippen LogP contribution < -0.4 is 0 Å². The Morgan fingerprint density at radius 1 is 0.636 bits per heavy atom. The van der Waals surface area contributed by atoms with Gasteiger partial charge in [0, 0.05) is 6.54 Å². The van der Waals surface area contributed by atoms with Gasteiger partial charge in [-0.2, -0.15) is 8.61 Å². The van der Waals surface area contributed by atoms with Gasteiger partial charge in [-0.1, -0.05) is 65.2 Å². The number of sulfonamides is 2. The number of nitrogens with zero attached hydrogens (tertiary/aromatic N) is 2. The molecule has 1 heterocycles. The smallest absolute Gasteiger partial charge is 0.207 e. The molecule has 1 aliphatic heterocycles. The molecule has 3 aromatic rings. The van der Waals surface area contributed by atoms with Gasteiger partial charge in [-0.05, 0) is 57.0 Å². The lowest BCUT2D eigenvalue weighted by molar-refractivity contribution is 0.170. The molecule has 33 heavy (non-hydrogen) atoms. The van der Waals surface area contributed by atoms with Crippen LogP contribution in [0.15, 0.2) is 82.6 Å². The Bertz CT molecular complexity index is 1330. The Balaban J connectivity index is 1.75. The Kier molecular flexibility index (Phi) is 6.46. The fraction of sp³-hybridized carbons (Fsp3) is 0.280. The van der Waals surface area contributed by atoms with E-state index in [0.717, 1.165) is 22.3 Å². The average molecular weight is 485 g/mol. The van der Waals surface area contributed by atoms with Crippen LogP contribution in [-0.4, -0.2) is 38.7 Å². The highest BCUT2D eigenvalue weighted by Crippen LogP contribution is 2.36. The van der Waals surface area contributed by atoms with E-state index in [4.69, 9.17) is 0 Å². The summed E-state index contributed by atoms with van der Waals surface area (Å²) < 4.78 is 56.7. The monoisotopic (exact) mass is 484 g/mol. The molecule has 0 saturated carbocycles. The van der Waals surface area contributed by atoms with E-state index >= 15 is 0 Å². The van der Waals surface area contributed by atoms with Crippen molar-refractivity contribution in [2.75, 3.05) is 13.2 Å². The van der Waals surface area contributed by atoms with E-state index < -0.39 is 26.1 Å². The van der Waals surface area contributed by atoms with Gasteiger partial charge >= 0.3 is 0 Å². The van der Waals surface area contributed by atoms with Gasteiger partial charge in [0.25, 0.3) is 0 Å². The molecule has 1 saturated heterocycles. The molecule has 1 unspecified atom stereocenters. The zero-order valence-corrected chi connectivity index (χ0v) is 20.6. The van der Waals surface area contributed by atoms with E-state index in [9.17, 15) is 16.8 Å². The van der Waals surface area contributed by atoms with Crippen LogP contribution in [0.4, 0.5) is 0 Å².